The Labute approximate surface area is 154 Å². The van der Waals surface area contributed by atoms with Crippen LogP contribution in [0.15, 0.2) is 29.3 Å². The fourth-order valence-corrected chi connectivity index (χ4v) is 2.30. The average molecular weight is 458 g/mol. The van der Waals surface area contributed by atoms with E-state index < -0.39 is 10.0 Å². The van der Waals surface area contributed by atoms with Gasteiger partial charge in [-0.25, -0.2) is 17.5 Å². The van der Waals surface area contributed by atoms with Gasteiger partial charge >= 0.3 is 0 Å². The summed E-state index contributed by atoms with van der Waals surface area (Å²) in [4.78, 5) is 4.04. The number of nitrogens with zero attached hydrogens (tertiary/aromatic N) is 1. The summed E-state index contributed by atoms with van der Waals surface area (Å²) in [7, 11) is -1.52. The van der Waals surface area contributed by atoms with Crippen molar-refractivity contribution in [2.45, 2.75) is 13.3 Å². The van der Waals surface area contributed by atoms with E-state index in [4.69, 9.17) is 0 Å². The molecule has 0 fully saturated rings. The highest BCUT2D eigenvalue weighted by Crippen LogP contribution is 2.02. The Morgan fingerprint density at radius 3 is 2.30 bits per heavy atom. The first-order valence-electron chi connectivity index (χ1n) is 7.13. The molecule has 0 aliphatic heterocycles. The maximum Gasteiger partial charge on any atom is 0.211 e. The molecule has 0 aliphatic rings. The highest BCUT2D eigenvalue weighted by Gasteiger charge is 2.04. The summed E-state index contributed by atoms with van der Waals surface area (Å²) in [5.41, 5.74) is 1.03. The summed E-state index contributed by atoms with van der Waals surface area (Å²) in [5.74, 6) is 0.416. The number of sulfonamides is 1. The quantitative estimate of drug-likeness (QED) is 0.236. The van der Waals surface area contributed by atoms with Gasteiger partial charge in [-0.05, 0) is 31.0 Å². The van der Waals surface area contributed by atoms with Crippen molar-refractivity contribution in [2.24, 2.45) is 4.99 Å². The summed E-state index contributed by atoms with van der Waals surface area (Å²) >= 11 is 0. The number of rotatable bonds is 8. The van der Waals surface area contributed by atoms with Gasteiger partial charge in [-0.2, -0.15) is 0 Å². The van der Waals surface area contributed by atoms with Gasteiger partial charge in [0.2, 0.25) is 10.0 Å². The van der Waals surface area contributed by atoms with Crippen LogP contribution in [0.3, 0.4) is 0 Å². The van der Waals surface area contributed by atoms with E-state index in [-0.39, 0.29) is 35.5 Å². The third-order valence-electron chi connectivity index (χ3n) is 2.96. The Morgan fingerprint density at radius 1 is 1.13 bits per heavy atom. The zero-order chi connectivity index (χ0) is 16.4. The summed E-state index contributed by atoms with van der Waals surface area (Å²) in [5, 5.41) is 6.13. The highest BCUT2D eigenvalue weighted by atomic mass is 127. The molecule has 0 unspecified atom stereocenters. The zero-order valence-corrected chi connectivity index (χ0v) is 16.4. The minimum absolute atomic E-state index is 0. The van der Waals surface area contributed by atoms with Crippen LogP contribution in [0.5, 0.6) is 0 Å². The lowest BCUT2D eigenvalue weighted by molar-refractivity contribution is 0.582. The third kappa shape index (κ3) is 9.72. The van der Waals surface area contributed by atoms with Crippen LogP contribution in [0.25, 0.3) is 0 Å². The lowest BCUT2D eigenvalue weighted by atomic mass is 10.1. The van der Waals surface area contributed by atoms with Gasteiger partial charge in [-0.3, -0.25) is 4.99 Å². The molecule has 132 valence electrons. The highest BCUT2D eigenvalue weighted by molar-refractivity contribution is 14.0. The predicted octanol–water partition coefficient (Wildman–Crippen LogP) is 1.09. The molecular weight excluding hydrogens is 434 g/mol. The Balaban J connectivity index is 0.00000484. The van der Waals surface area contributed by atoms with Gasteiger partial charge in [0.1, 0.15) is 5.82 Å². The number of aliphatic imine (C=N–C) groups is 1. The molecule has 0 spiro atoms. The first kappa shape index (κ1) is 22.1. The Kier molecular flexibility index (Phi) is 11.1. The molecule has 0 aliphatic carbocycles. The van der Waals surface area contributed by atoms with Crippen molar-refractivity contribution in [1.29, 1.82) is 0 Å². The van der Waals surface area contributed by atoms with Gasteiger partial charge in [0.05, 0.1) is 5.75 Å². The van der Waals surface area contributed by atoms with E-state index in [1.54, 1.807) is 26.1 Å². The van der Waals surface area contributed by atoms with Crippen molar-refractivity contribution in [2.75, 3.05) is 32.4 Å². The molecule has 1 aromatic rings. The van der Waals surface area contributed by atoms with E-state index >= 15 is 0 Å². The first-order chi connectivity index (χ1) is 10.5. The minimum Gasteiger partial charge on any atom is -0.356 e. The van der Waals surface area contributed by atoms with E-state index in [2.05, 4.69) is 20.3 Å². The fraction of sp³-hybridized carbons (Fsp3) is 0.500. The Morgan fingerprint density at radius 2 is 1.74 bits per heavy atom. The van der Waals surface area contributed by atoms with E-state index in [1.165, 1.54) is 12.1 Å². The molecule has 0 aromatic heterocycles. The SMILES string of the molecule is CCS(=O)(=O)NCCNC(=NC)NCCc1ccc(F)cc1.I. The molecule has 9 heteroatoms. The smallest absolute Gasteiger partial charge is 0.211 e. The molecule has 23 heavy (non-hydrogen) atoms. The van der Waals surface area contributed by atoms with E-state index in [1.807, 2.05) is 0 Å². The third-order valence-corrected chi connectivity index (χ3v) is 4.37. The molecule has 1 aromatic carbocycles. The maximum absolute atomic E-state index is 12.8. The van der Waals surface area contributed by atoms with Gasteiger partial charge < -0.3 is 10.6 Å². The van der Waals surface area contributed by atoms with Crippen LogP contribution in [-0.2, 0) is 16.4 Å². The van der Waals surface area contributed by atoms with Crippen molar-refractivity contribution in [3.05, 3.63) is 35.6 Å². The van der Waals surface area contributed by atoms with Gasteiger partial charge in [-0.1, -0.05) is 12.1 Å². The van der Waals surface area contributed by atoms with Gasteiger partial charge in [0.15, 0.2) is 5.96 Å². The molecule has 0 atom stereocenters. The Bertz CT molecular complexity index is 579. The monoisotopic (exact) mass is 458 g/mol. The lowest BCUT2D eigenvalue weighted by Gasteiger charge is -2.12. The predicted molar refractivity (Wildman–Crippen MR) is 102 cm³/mol. The van der Waals surface area contributed by atoms with Crippen molar-refractivity contribution in [1.82, 2.24) is 15.4 Å². The number of guanidine groups is 1. The van der Waals surface area contributed by atoms with Crippen molar-refractivity contribution >= 4 is 40.0 Å². The van der Waals surface area contributed by atoms with Crippen LogP contribution in [-0.4, -0.2) is 46.8 Å². The maximum atomic E-state index is 12.8. The van der Waals surface area contributed by atoms with Crippen LogP contribution < -0.4 is 15.4 Å². The second kappa shape index (κ2) is 11.6. The molecule has 0 amide bonds. The lowest BCUT2D eigenvalue weighted by Crippen LogP contribution is -2.42. The van der Waals surface area contributed by atoms with Crippen molar-refractivity contribution < 1.29 is 12.8 Å². The van der Waals surface area contributed by atoms with Crippen molar-refractivity contribution in [3.8, 4) is 0 Å². The number of halogens is 2. The summed E-state index contributed by atoms with van der Waals surface area (Å²) in [6.45, 7) is 2.97. The molecule has 0 saturated heterocycles. The minimum atomic E-state index is -3.16. The molecule has 0 radical (unpaired) electrons. The van der Waals surface area contributed by atoms with Crippen LogP contribution in [0.1, 0.15) is 12.5 Å². The topological polar surface area (TPSA) is 82.6 Å². The second-order valence-electron chi connectivity index (χ2n) is 4.60. The average Bonchev–Trinajstić information content (AvgIpc) is 2.51. The largest absolute Gasteiger partial charge is 0.356 e. The van der Waals surface area contributed by atoms with Gasteiger partial charge in [-0.15, -0.1) is 24.0 Å². The second-order valence-corrected chi connectivity index (χ2v) is 6.70. The normalized spacial score (nSPS) is 11.7. The molecular formula is C14H24FIN4O2S. The number of benzene rings is 1. The number of nitrogens with one attached hydrogen (secondary N) is 3. The number of hydrogen-bond acceptors (Lipinski definition) is 3. The van der Waals surface area contributed by atoms with E-state index in [9.17, 15) is 12.8 Å². The zero-order valence-electron chi connectivity index (χ0n) is 13.3. The van der Waals surface area contributed by atoms with Crippen LogP contribution in [0, 0.1) is 5.82 Å². The molecule has 0 heterocycles. The molecule has 3 N–H and O–H groups in total. The van der Waals surface area contributed by atoms with E-state index in [0.29, 0.717) is 25.6 Å². The van der Waals surface area contributed by atoms with Gasteiger partial charge in [0, 0.05) is 26.7 Å². The van der Waals surface area contributed by atoms with Crippen LogP contribution >= 0.6 is 24.0 Å². The summed E-state index contributed by atoms with van der Waals surface area (Å²) in [6.07, 6.45) is 0.740. The standard InChI is InChI=1S/C14H23FN4O2S.HI/c1-3-22(20,21)19-11-10-18-14(16-2)17-9-8-12-4-6-13(15)7-5-12;/h4-7,19H,3,8-11H2,1-2H3,(H2,16,17,18);1H. The first-order valence-corrected chi connectivity index (χ1v) is 8.78. The molecule has 0 bridgehead atoms. The van der Waals surface area contributed by atoms with Crippen LogP contribution in [0.4, 0.5) is 4.39 Å². The van der Waals surface area contributed by atoms with Gasteiger partial charge in [0.25, 0.3) is 0 Å². The van der Waals surface area contributed by atoms with Crippen LogP contribution in [0.2, 0.25) is 0 Å². The molecule has 0 saturated carbocycles. The summed E-state index contributed by atoms with van der Waals surface area (Å²) in [6, 6.07) is 6.35. The van der Waals surface area contributed by atoms with Crippen molar-refractivity contribution in [3.63, 3.8) is 0 Å². The molecule has 1 rings (SSSR count). The Hall–Kier alpha value is -0.940. The number of hydrogen-bond donors (Lipinski definition) is 3. The molecule has 6 nitrogen and oxygen atoms in total. The van der Waals surface area contributed by atoms with E-state index in [0.717, 1.165) is 12.0 Å². The summed E-state index contributed by atoms with van der Waals surface area (Å²) < 4.78 is 37.8. The fourth-order valence-electron chi connectivity index (χ4n) is 1.69.